The SMILES string of the molecule is CC(C)CC(C(=O)OC1CCCC(=O)OC1(C)C)C(C)C. The molecular weight excluding hydrogens is 268 g/mol. The maximum Gasteiger partial charge on any atom is 0.309 e. The number of hydrogen-bond acceptors (Lipinski definition) is 4. The van der Waals surface area contributed by atoms with Crippen LogP contribution in [0.25, 0.3) is 0 Å². The van der Waals surface area contributed by atoms with E-state index in [-0.39, 0.29) is 29.9 Å². The molecule has 0 radical (unpaired) electrons. The van der Waals surface area contributed by atoms with Crippen molar-refractivity contribution in [3.63, 3.8) is 0 Å². The van der Waals surface area contributed by atoms with E-state index >= 15 is 0 Å². The highest BCUT2D eigenvalue weighted by Crippen LogP contribution is 2.30. The van der Waals surface area contributed by atoms with E-state index in [0.29, 0.717) is 25.2 Å². The Kier molecular flexibility index (Phi) is 6.24. The Labute approximate surface area is 128 Å². The molecule has 1 rings (SSSR count). The Morgan fingerprint density at radius 3 is 2.48 bits per heavy atom. The fourth-order valence-electron chi connectivity index (χ4n) is 2.77. The van der Waals surface area contributed by atoms with Gasteiger partial charge in [-0.05, 0) is 44.9 Å². The third-order valence-corrected chi connectivity index (χ3v) is 4.09. The summed E-state index contributed by atoms with van der Waals surface area (Å²) in [5.74, 6) is 0.233. The summed E-state index contributed by atoms with van der Waals surface area (Å²) in [5.41, 5.74) is -0.747. The molecular formula is C17H30O4. The second-order valence-corrected chi connectivity index (χ2v) is 7.38. The van der Waals surface area contributed by atoms with Gasteiger partial charge in [0.15, 0.2) is 0 Å². The normalized spacial score (nSPS) is 23.6. The van der Waals surface area contributed by atoms with Crippen LogP contribution in [0.4, 0.5) is 0 Å². The number of rotatable bonds is 5. The van der Waals surface area contributed by atoms with E-state index in [4.69, 9.17) is 9.47 Å². The Morgan fingerprint density at radius 2 is 1.95 bits per heavy atom. The first-order chi connectivity index (χ1) is 9.63. The van der Waals surface area contributed by atoms with Gasteiger partial charge in [-0.2, -0.15) is 0 Å². The van der Waals surface area contributed by atoms with Crippen molar-refractivity contribution in [2.24, 2.45) is 17.8 Å². The van der Waals surface area contributed by atoms with Crippen molar-refractivity contribution in [1.29, 1.82) is 0 Å². The summed E-state index contributed by atoms with van der Waals surface area (Å²) in [7, 11) is 0. The number of carbonyl (C=O) groups is 2. The van der Waals surface area contributed by atoms with Crippen LogP contribution in [0.5, 0.6) is 0 Å². The zero-order valence-corrected chi connectivity index (χ0v) is 14.3. The van der Waals surface area contributed by atoms with Crippen molar-refractivity contribution in [2.45, 2.75) is 78.9 Å². The molecule has 1 fully saturated rings. The summed E-state index contributed by atoms with van der Waals surface area (Å²) < 4.78 is 11.2. The molecule has 1 aliphatic heterocycles. The Balaban J connectivity index is 2.76. The molecule has 0 N–H and O–H groups in total. The first kappa shape index (κ1) is 18.0. The van der Waals surface area contributed by atoms with Crippen LogP contribution in [0.15, 0.2) is 0 Å². The maximum atomic E-state index is 12.5. The van der Waals surface area contributed by atoms with Crippen LogP contribution in [-0.4, -0.2) is 23.6 Å². The van der Waals surface area contributed by atoms with Gasteiger partial charge in [-0.3, -0.25) is 9.59 Å². The maximum absolute atomic E-state index is 12.5. The lowest BCUT2D eigenvalue weighted by Crippen LogP contribution is -2.43. The molecule has 2 unspecified atom stereocenters. The summed E-state index contributed by atoms with van der Waals surface area (Å²) in [6.45, 7) is 12.0. The molecule has 0 bridgehead atoms. The molecule has 21 heavy (non-hydrogen) atoms. The van der Waals surface area contributed by atoms with Gasteiger partial charge in [-0.25, -0.2) is 0 Å². The molecule has 1 heterocycles. The summed E-state index contributed by atoms with van der Waals surface area (Å²) in [6.07, 6.45) is 2.25. The molecule has 122 valence electrons. The molecule has 0 aromatic carbocycles. The van der Waals surface area contributed by atoms with Crippen LogP contribution in [0.1, 0.15) is 67.2 Å². The van der Waals surface area contributed by atoms with Crippen LogP contribution in [0.3, 0.4) is 0 Å². The first-order valence-corrected chi connectivity index (χ1v) is 8.05. The van der Waals surface area contributed by atoms with Crippen LogP contribution < -0.4 is 0 Å². The number of ether oxygens (including phenoxy) is 2. The summed E-state index contributed by atoms with van der Waals surface area (Å²) in [6, 6.07) is 0. The van der Waals surface area contributed by atoms with Crippen LogP contribution in [0, 0.1) is 17.8 Å². The minimum atomic E-state index is -0.747. The fraction of sp³-hybridized carbons (Fsp3) is 0.882. The Morgan fingerprint density at radius 1 is 1.33 bits per heavy atom. The molecule has 1 saturated heterocycles. The summed E-state index contributed by atoms with van der Waals surface area (Å²) in [4.78, 5) is 24.1. The summed E-state index contributed by atoms with van der Waals surface area (Å²) in [5, 5.41) is 0. The molecule has 0 aromatic heterocycles. The molecule has 0 amide bonds. The third-order valence-electron chi connectivity index (χ3n) is 4.09. The number of carbonyl (C=O) groups excluding carboxylic acids is 2. The van der Waals surface area contributed by atoms with Crippen LogP contribution in [-0.2, 0) is 19.1 Å². The van der Waals surface area contributed by atoms with Crippen molar-refractivity contribution in [1.82, 2.24) is 0 Å². The zero-order valence-electron chi connectivity index (χ0n) is 14.3. The average Bonchev–Trinajstić information content (AvgIpc) is 2.44. The molecule has 0 saturated carbocycles. The number of hydrogen-bond donors (Lipinski definition) is 0. The van der Waals surface area contributed by atoms with Gasteiger partial charge in [-0.1, -0.05) is 27.7 Å². The van der Waals surface area contributed by atoms with Crippen molar-refractivity contribution >= 4 is 11.9 Å². The van der Waals surface area contributed by atoms with E-state index in [1.54, 1.807) is 0 Å². The number of esters is 2. The quantitative estimate of drug-likeness (QED) is 0.726. The largest absolute Gasteiger partial charge is 0.458 e. The van der Waals surface area contributed by atoms with Gasteiger partial charge in [0.25, 0.3) is 0 Å². The van der Waals surface area contributed by atoms with Gasteiger partial charge in [0.2, 0.25) is 0 Å². The fourth-order valence-corrected chi connectivity index (χ4v) is 2.77. The van der Waals surface area contributed by atoms with Gasteiger partial charge >= 0.3 is 11.9 Å². The molecule has 0 spiro atoms. The van der Waals surface area contributed by atoms with Gasteiger partial charge < -0.3 is 9.47 Å². The third kappa shape index (κ3) is 5.33. The van der Waals surface area contributed by atoms with Crippen molar-refractivity contribution in [3.8, 4) is 0 Å². The second kappa shape index (κ2) is 7.28. The Bertz CT molecular complexity index is 371. The number of cyclic esters (lactones) is 1. The predicted molar refractivity (Wildman–Crippen MR) is 81.7 cm³/mol. The standard InChI is InChI=1S/C17H30O4/c1-11(2)10-13(12(3)4)16(19)20-14-8-7-9-15(18)21-17(14,5)6/h11-14H,7-10H2,1-6H3. The smallest absolute Gasteiger partial charge is 0.309 e. The van der Waals surface area contributed by atoms with E-state index in [1.807, 2.05) is 27.7 Å². The molecule has 0 aliphatic carbocycles. The lowest BCUT2D eigenvalue weighted by Gasteiger charge is -2.33. The molecule has 4 heteroatoms. The van der Waals surface area contributed by atoms with Gasteiger partial charge in [-0.15, -0.1) is 0 Å². The summed E-state index contributed by atoms with van der Waals surface area (Å²) >= 11 is 0. The van der Waals surface area contributed by atoms with E-state index < -0.39 is 5.60 Å². The molecule has 0 aromatic rings. The van der Waals surface area contributed by atoms with E-state index in [1.165, 1.54) is 0 Å². The van der Waals surface area contributed by atoms with Gasteiger partial charge in [0, 0.05) is 6.42 Å². The van der Waals surface area contributed by atoms with Crippen molar-refractivity contribution in [3.05, 3.63) is 0 Å². The van der Waals surface area contributed by atoms with E-state index in [2.05, 4.69) is 13.8 Å². The van der Waals surface area contributed by atoms with Crippen LogP contribution >= 0.6 is 0 Å². The minimum Gasteiger partial charge on any atom is -0.458 e. The van der Waals surface area contributed by atoms with Gasteiger partial charge in [0.05, 0.1) is 5.92 Å². The van der Waals surface area contributed by atoms with Crippen molar-refractivity contribution in [2.75, 3.05) is 0 Å². The molecule has 2 atom stereocenters. The Hall–Kier alpha value is -1.06. The lowest BCUT2D eigenvalue weighted by atomic mass is 9.87. The predicted octanol–water partition coefficient (Wildman–Crippen LogP) is 3.72. The topological polar surface area (TPSA) is 52.6 Å². The second-order valence-electron chi connectivity index (χ2n) is 7.38. The average molecular weight is 298 g/mol. The highest BCUT2D eigenvalue weighted by atomic mass is 16.6. The lowest BCUT2D eigenvalue weighted by molar-refractivity contribution is -0.181. The van der Waals surface area contributed by atoms with Crippen LogP contribution in [0.2, 0.25) is 0 Å². The van der Waals surface area contributed by atoms with Gasteiger partial charge in [0.1, 0.15) is 11.7 Å². The van der Waals surface area contributed by atoms with E-state index in [9.17, 15) is 9.59 Å². The monoisotopic (exact) mass is 298 g/mol. The van der Waals surface area contributed by atoms with E-state index in [0.717, 1.165) is 6.42 Å². The van der Waals surface area contributed by atoms with Crippen molar-refractivity contribution < 1.29 is 19.1 Å². The first-order valence-electron chi connectivity index (χ1n) is 8.05. The highest BCUT2D eigenvalue weighted by Gasteiger charge is 2.39. The zero-order chi connectivity index (χ0) is 16.2. The molecule has 1 aliphatic rings. The minimum absolute atomic E-state index is 0.0974. The highest BCUT2D eigenvalue weighted by molar-refractivity contribution is 5.73. The molecule has 4 nitrogen and oxygen atoms in total.